The average molecular weight is 210 g/mol. The second-order valence-corrected chi connectivity index (χ2v) is 3.63. The van der Waals surface area contributed by atoms with Crippen LogP contribution < -0.4 is 4.90 Å². The second kappa shape index (κ2) is 4.83. The summed E-state index contributed by atoms with van der Waals surface area (Å²) in [6, 6.07) is 5.75. The summed E-state index contributed by atoms with van der Waals surface area (Å²) in [5, 5.41) is 9.28. The predicted molar refractivity (Wildman–Crippen MR) is 57.3 cm³/mol. The number of rotatable bonds is 3. The topological polar surface area (TPSA) is 39.9 Å². The van der Waals surface area contributed by atoms with E-state index in [0.29, 0.717) is 11.6 Å². The quantitative estimate of drug-likeness (QED) is 0.767. The van der Waals surface area contributed by atoms with E-state index in [1.54, 1.807) is 18.3 Å². The van der Waals surface area contributed by atoms with Gasteiger partial charge in [-0.3, -0.25) is 0 Å². The lowest BCUT2D eigenvalue weighted by Gasteiger charge is -2.19. The number of halogens is 1. The highest BCUT2D eigenvalue weighted by molar-refractivity contribution is 6.32. The maximum absolute atomic E-state index is 8.67. The van der Waals surface area contributed by atoms with Crippen LogP contribution >= 0.6 is 11.6 Å². The largest absolute Gasteiger partial charge is 0.357 e. The van der Waals surface area contributed by atoms with Crippen LogP contribution in [0, 0.1) is 17.2 Å². The van der Waals surface area contributed by atoms with Gasteiger partial charge in [0.15, 0.2) is 0 Å². The Hall–Kier alpha value is -1.27. The molecule has 1 atom stereocenters. The smallest absolute Gasteiger partial charge is 0.147 e. The highest BCUT2D eigenvalue weighted by Crippen LogP contribution is 2.21. The first-order chi connectivity index (χ1) is 6.65. The fraction of sp³-hybridized carbons (Fsp3) is 0.400. The first-order valence-electron chi connectivity index (χ1n) is 4.36. The van der Waals surface area contributed by atoms with E-state index in [9.17, 15) is 0 Å². The summed E-state index contributed by atoms with van der Waals surface area (Å²) >= 11 is 5.96. The summed E-state index contributed by atoms with van der Waals surface area (Å²) in [5.41, 5.74) is 0. The van der Waals surface area contributed by atoms with Gasteiger partial charge in [-0.15, -0.1) is 0 Å². The minimum absolute atomic E-state index is 0.0296. The standard InChI is InChI=1S/C10H12ClN3/c1-8(6-12)7-14(2)10-9(11)4-3-5-13-10/h3-5,8H,7H2,1-2H3. The van der Waals surface area contributed by atoms with E-state index in [1.165, 1.54) is 0 Å². The SMILES string of the molecule is CC(C#N)CN(C)c1ncccc1Cl. The van der Waals surface area contributed by atoms with Crippen LogP contribution in [0.1, 0.15) is 6.92 Å². The normalized spacial score (nSPS) is 11.9. The van der Waals surface area contributed by atoms with Crippen molar-refractivity contribution in [3.05, 3.63) is 23.4 Å². The van der Waals surface area contributed by atoms with E-state index in [0.717, 1.165) is 5.82 Å². The molecule has 0 aromatic carbocycles. The van der Waals surface area contributed by atoms with Crippen LogP contribution in [0.25, 0.3) is 0 Å². The minimum atomic E-state index is -0.0296. The highest BCUT2D eigenvalue weighted by atomic mass is 35.5. The summed E-state index contributed by atoms with van der Waals surface area (Å²) in [6.07, 6.45) is 1.69. The van der Waals surface area contributed by atoms with Crippen molar-refractivity contribution in [2.75, 3.05) is 18.5 Å². The molecule has 1 heterocycles. The van der Waals surface area contributed by atoms with Crippen LogP contribution in [0.3, 0.4) is 0 Å². The maximum atomic E-state index is 8.67. The van der Waals surface area contributed by atoms with Gasteiger partial charge < -0.3 is 4.90 Å². The van der Waals surface area contributed by atoms with Gasteiger partial charge in [0.1, 0.15) is 5.82 Å². The summed E-state index contributed by atoms with van der Waals surface area (Å²) in [7, 11) is 1.88. The number of pyridine rings is 1. The number of anilines is 1. The van der Waals surface area contributed by atoms with Crippen molar-refractivity contribution < 1.29 is 0 Å². The Balaban J connectivity index is 2.75. The highest BCUT2D eigenvalue weighted by Gasteiger charge is 2.09. The Bertz CT molecular complexity index is 345. The zero-order valence-corrected chi connectivity index (χ0v) is 8.99. The maximum Gasteiger partial charge on any atom is 0.147 e. The summed E-state index contributed by atoms with van der Waals surface area (Å²) in [4.78, 5) is 6.04. The van der Waals surface area contributed by atoms with Crippen molar-refractivity contribution in [2.24, 2.45) is 5.92 Å². The molecule has 1 aromatic rings. The van der Waals surface area contributed by atoms with Crippen molar-refractivity contribution in [1.29, 1.82) is 5.26 Å². The summed E-state index contributed by atoms with van der Waals surface area (Å²) in [6.45, 7) is 2.50. The van der Waals surface area contributed by atoms with E-state index >= 15 is 0 Å². The molecule has 0 amide bonds. The number of hydrogen-bond donors (Lipinski definition) is 0. The number of aromatic nitrogens is 1. The van der Waals surface area contributed by atoms with Crippen LogP contribution in [0.4, 0.5) is 5.82 Å². The van der Waals surface area contributed by atoms with Gasteiger partial charge in [0.2, 0.25) is 0 Å². The molecular formula is C10H12ClN3. The van der Waals surface area contributed by atoms with Gasteiger partial charge in [0.25, 0.3) is 0 Å². The molecule has 0 aliphatic carbocycles. The first-order valence-corrected chi connectivity index (χ1v) is 4.74. The molecule has 0 saturated heterocycles. The zero-order valence-electron chi connectivity index (χ0n) is 8.24. The molecule has 0 aliphatic heterocycles. The molecule has 0 radical (unpaired) electrons. The lowest BCUT2D eigenvalue weighted by molar-refractivity contribution is 0.710. The van der Waals surface area contributed by atoms with Crippen LogP contribution in [-0.2, 0) is 0 Å². The van der Waals surface area contributed by atoms with Crippen LogP contribution in [-0.4, -0.2) is 18.6 Å². The molecule has 14 heavy (non-hydrogen) atoms. The Morgan fingerprint density at radius 1 is 1.71 bits per heavy atom. The molecular weight excluding hydrogens is 198 g/mol. The van der Waals surface area contributed by atoms with Crippen molar-refractivity contribution in [2.45, 2.75) is 6.92 Å². The molecule has 0 bridgehead atoms. The van der Waals surface area contributed by atoms with E-state index in [2.05, 4.69) is 11.1 Å². The first kappa shape index (κ1) is 10.8. The Kier molecular flexibility index (Phi) is 3.73. The molecule has 1 unspecified atom stereocenters. The van der Waals surface area contributed by atoms with E-state index < -0.39 is 0 Å². The molecule has 4 heteroatoms. The predicted octanol–water partition coefficient (Wildman–Crippen LogP) is 2.33. The van der Waals surface area contributed by atoms with E-state index in [4.69, 9.17) is 16.9 Å². The van der Waals surface area contributed by atoms with Gasteiger partial charge in [-0.25, -0.2) is 4.98 Å². The summed E-state index contributed by atoms with van der Waals surface area (Å²) < 4.78 is 0. The van der Waals surface area contributed by atoms with Crippen LogP contribution in [0.15, 0.2) is 18.3 Å². The lowest BCUT2D eigenvalue weighted by Crippen LogP contribution is -2.24. The Morgan fingerprint density at radius 2 is 2.43 bits per heavy atom. The lowest BCUT2D eigenvalue weighted by atomic mass is 10.2. The van der Waals surface area contributed by atoms with Gasteiger partial charge in [-0.2, -0.15) is 5.26 Å². The fourth-order valence-corrected chi connectivity index (χ4v) is 1.46. The van der Waals surface area contributed by atoms with E-state index in [-0.39, 0.29) is 5.92 Å². The fourth-order valence-electron chi connectivity index (χ4n) is 1.20. The monoisotopic (exact) mass is 209 g/mol. The number of nitrogens with zero attached hydrogens (tertiary/aromatic N) is 3. The third-order valence-corrected chi connectivity index (χ3v) is 2.16. The van der Waals surface area contributed by atoms with Crippen molar-refractivity contribution in [3.8, 4) is 6.07 Å². The average Bonchev–Trinajstić information content (AvgIpc) is 2.18. The molecule has 0 saturated carbocycles. The molecule has 74 valence electrons. The van der Waals surface area contributed by atoms with Gasteiger partial charge >= 0.3 is 0 Å². The van der Waals surface area contributed by atoms with Gasteiger partial charge in [-0.05, 0) is 19.1 Å². The van der Waals surface area contributed by atoms with Gasteiger partial charge in [-0.1, -0.05) is 11.6 Å². The number of hydrogen-bond acceptors (Lipinski definition) is 3. The molecule has 0 fully saturated rings. The molecule has 1 rings (SSSR count). The summed E-state index contributed by atoms with van der Waals surface area (Å²) in [5.74, 6) is 0.689. The molecule has 1 aromatic heterocycles. The van der Waals surface area contributed by atoms with Gasteiger partial charge in [0.05, 0.1) is 17.0 Å². The molecule has 0 N–H and O–H groups in total. The van der Waals surface area contributed by atoms with Crippen molar-refractivity contribution >= 4 is 17.4 Å². The zero-order chi connectivity index (χ0) is 10.6. The van der Waals surface area contributed by atoms with E-state index in [1.807, 2.05) is 18.9 Å². The molecule has 3 nitrogen and oxygen atoms in total. The third-order valence-electron chi connectivity index (χ3n) is 1.87. The van der Waals surface area contributed by atoms with Gasteiger partial charge in [0, 0.05) is 19.8 Å². The third kappa shape index (κ3) is 2.61. The Morgan fingerprint density at radius 3 is 3.00 bits per heavy atom. The number of nitriles is 1. The second-order valence-electron chi connectivity index (χ2n) is 3.22. The molecule has 0 aliphatic rings. The van der Waals surface area contributed by atoms with Crippen molar-refractivity contribution in [1.82, 2.24) is 4.98 Å². The Labute approximate surface area is 88.9 Å². The van der Waals surface area contributed by atoms with Crippen molar-refractivity contribution in [3.63, 3.8) is 0 Å². The minimum Gasteiger partial charge on any atom is -0.357 e. The van der Waals surface area contributed by atoms with Crippen LogP contribution in [0.5, 0.6) is 0 Å². The molecule has 0 spiro atoms. The van der Waals surface area contributed by atoms with Crippen LogP contribution in [0.2, 0.25) is 5.02 Å².